The van der Waals surface area contributed by atoms with Crippen molar-refractivity contribution in [2.45, 2.75) is 18.7 Å². The van der Waals surface area contributed by atoms with E-state index in [9.17, 15) is 4.79 Å². The van der Waals surface area contributed by atoms with Crippen molar-refractivity contribution in [1.29, 1.82) is 5.26 Å². The number of carbonyl (C=O) groups excluding carboxylic acids is 1. The molecule has 0 spiro atoms. The Bertz CT molecular complexity index is 1100. The second-order valence-corrected chi connectivity index (χ2v) is 8.33. The Balaban J connectivity index is 1.89. The van der Waals surface area contributed by atoms with E-state index >= 15 is 0 Å². The normalized spacial score (nSPS) is 10.5. The van der Waals surface area contributed by atoms with Gasteiger partial charge < -0.3 is 0 Å². The first-order valence-electron chi connectivity index (χ1n) is 9.38. The molecule has 0 fully saturated rings. The first kappa shape index (κ1) is 21.6. The molecule has 0 aliphatic carbocycles. The van der Waals surface area contributed by atoms with E-state index in [4.69, 9.17) is 14.7 Å². The molecule has 1 heterocycles. The molecule has 0 atom stereocenters. The molecular weight excluding hydrogens is 447 g/mol. The molecule has 0 radical (unpaired) electrons. The van der Waals surface area contributed by atoms with Gasteiger partial charge in [0.1, 0.15) is 0 Å². The third-order valence-corrected chi connectivity index (χ3v) is 5.80. The number of anilines is 2. The predicted molar refractivity (Wildman–Crippen MR) is 116 cm³/mol. The van der Waals surface area contributed by atoms with Gasteiger partial charge >= 0.3 is 152 Å². The summed E-state index contributed by atoms with van der Waals surface area (Å²) in [6.07, 6.45) is 0.674. The molecule has 0 aliphatic heterocycles. The van der Waals surface area contributed by atoms with E-state index in [0.717, 1.165) is 27.7 Å². The molecule has 30 heavy (non-hydrogen) atoms. The molecule has 2 aromatic carbocycles. The van der Waals surface area contributed by atoms with Crippen molar-refractivity contribution in [3.05, 3.63) is 53.9 Å². The number of esters is 1. The van der Waals surface area contributed by atoms with Gasteiger partial charge in [0.05, 0.1) is 0 Å². The van der Waals surface area contributed by atoms with Crippen LogP contribution in [-0.4, -0.2) is 51.7 Å². The summed E-state index contributed by atoms with van der Waals surface area (Å²) in [7, 11) is 3.42. The van der Waals surface area contributed by atoms with Crippen LogP contribution in [0.25, 0.3) is 10.9 Å². The van der Waals surface area contributed by atoms with Crippen molar-refractivity contribution in [3.63, 3.8) is 0 Å². The monoisotopic (exact) mass is 470 g/mol. The molecule has 0 aliphatic rings. The standard InChI is InChI=1S/C22H22N4O3Se/c1-15-24-19-8-5-4-7-17(19)21(25-15)26(2)16-9-10-20(28-3)18(13-16)22(27)29-11-6-12-30-14-23/h4-5,7-10,13H,6,11-12H2,1-3H3. The molecule has 0 unspecified atom stereocenters. The van der Waals surface area contributed by atoms with E-state index in [1.165, 1.54) is 7.11 Å². The number of benzene rings is 2. The van der Waals surface area contributed by atoms with Gasteiger partial charge in [-0.1, -0.05) is 12.1 Å². The Labute approximate surface area is 181 Å². The van der Waals surface area contributed by atoms with Gasteiger partial charge in [0.15, 0.2) is 0 Å². The summed E-state index contributed by atoms with van der Waals surface area (Å²) in [6, 6.07) is 13.2. The second kappa shape index (κ2) is 10.1. The van der Waals surface area contributed by atoms with Crippen LogP contribution in [0.5, 0.6) is 5.75 Å². The summed E-state index contributed by atoms with van der Waals surface area (Å²) < 4.78 is 10.7. The van der Waals surface area contributed by atoms with E-state index < -0.39 is 5.97 Å². The van der Waals surface area contributed by atoms with Crippen molar-refractivity contribution in [1.82, 2.24) is 9.97 Å². The first-order chi connectivity index (χ1) is 14.5. The fourth-order valence-corrected chi connectivity index (χ4v) is 3.78. The number of fused-ring (bicyclic) bond motifs is 1. The van der Waals surface area contributed by atoms with Crippen LogP contribution >= 0.6 is 0 Å². The van der Waals surface area contributed by atoms with Crippen molar-refractivity contribution in [3.8, 4) is 10.7 Å². The van der Waals surface area contributed by atoms with Crippen LogP contribution in [0.4, 0.5) is 11.5 Å². The number of rotatable bonds is 8. The molecule has 0 saturated heterocycles. The second-order valence-electron chi connectivity index (χ2n) is 6.48. The number of hydrogen-bond donors (Lipinski definition) is 0. The molecular formula is C22H22N4O3Se. The van der Waals surface area contributed by atoms with Crippen molar-refractivity contribution in [2.75, 3.05) is 25.7 Å². The quantitative estimate of drug-likeness (QED) is 0.281. The van der Waals surface area contributed by atoms with Gasteiger partial charge in [-0.2, -0.15) is 0 Å². The fourth-order valence-electron chi connectivity index (χ4n) is 3.03. The molecule has 0 bridgehead atoms. The number of hydrogen-bond acceptors (Lipinski definition) is 7. The van der Waals surface area contributed by atoms with Crippen LogP contribution in [0.1, 0.15) is 22.6 Å². The maximum atomic E-state index is 12.6. The van der Waals surface area contributed by atoms with Crippen LogP contribution < -0.4 is 9.64 Å². The number of aromatic nitrogens is 2. The Hall–Kier alpha value is -3.14. The number of methoxy groups -OCH3 is 1. The molecule has 3 aromatic rings. The molecule has 7 nitrogen and oxygen atoms in total. The van der Waals surface area contributed by atoms with Crippen LogP contribution in [0, 0.1) is 17.2 Å². The molecule has 0 saturated carbocycles. The van der Waals surface area contributed by atoms with Crippen LogP contribution in [0.3, 0.4) is 0 Å². The summed E-state index contributed by atoms with van der Waals surface area (Å²) >= 11 is -0.0643. The topological polar surface area (TPSA) is 88.3 Å². The van der Waals surface area contributed by atoms with Gasteiger partial charge in [-0.25, -0.2) is 4.98 Å². The molecule has 0 N–H and O–H groups in total. The van der Waals surface area contributed by atoms with Crippen LogP contribution in [0.2, 0.25) is 5.32 Å². The Morgan fingerprint density at radius 1 is 1.23 bits per heavy atom. The zero-order valence-corrected chi connectivity index (χ0v) is 18.8. The number of aryl methyl sites for hydroxylation is 1. The Kier molecular flexibility index (Phi) is 7.23. The number of para-hydroxylation sites is 1. The molecule has 3 rings (SSSR count). The Morgan fingerprint density at radius 3 is 2.80 bits per heavy atom. The van der Waals surface area contributed by atoms with Gasteiger partial charge in [0.2, 0.25) is 0 Å². The van der Waals surface area contributed by atoms with Crippen LogP contribution in [-0.2, 0) is 4.74 Å². The Morgan fingerprint density at radius 2 is 2.03 bits per heavy atom. The van der Waals surface area contributed by atoms with Gasteiger partial charge in [0.25, 0.3) is 0 Å². The fraction of sp³-hybridized carbons (Fsp3) is 0.273. The molecule has 1 aromatic heterocycles. The minimum atomic E-state index is -0.449. The van der Waals surface area contributed by atoms with E-state index in [1.54, 1.807) is 12.1 Å². The zero-order chi connectivity index (χ0) is 21.5. The van der Waals surface area contributed by atoms with Gasteiger partial charge in [0, 0.05) is 0 Å². The maximum absolute atomic E-state index is 12.6. The summed E-state index contributed by atoms with van der Waals surface area (Å²) in [5.74, 6) is 1.42. The van der Waals surface area contributed by atoms with E-state index in [1.807, 2.05) is 49.2 Å². The van der Waals surface area contributed by atoms with E-state index in [0.29, 0.717) is 23.6 Å². The first-order valence-corrected chi connectivity index (χ1v) is 11.4. The van der Waals surface area contributed by atoms with Gasteiger partial charge in [-0.3, -0.25) is 0 Å². The summed E-state index contributed by atoms with van der Waals surface area (Å²) in [5, 5.41) is 10.3. The minimum absolute atomic E-state index is 0.0643. The van der Waals surface area contributed by atoms with Crippen molar-refractivity contribution in [2.24, 2.45) is 0 Å². The van der Waals surface area contributed by atoms with Gasteiger partial charge in [-0.15, -0.1) is 0 Å². The molecule has 8 heteroatoms. The molecule has 154 valence electrons. The zero-order valence-electron chi connectivity index (χ0n) is 17.1. The van der Waals surface area contributed by atoms with Gasteiger partial charge in [-0.05, 0) is 13.0 Å². The summed E-state index contributed by atoms with van der Waals surface area (Å²) in [4.78, 5) is 25.8. The number of nitriles is 1. The van der Waals surface area contributed by atoms with Crippen molar-refractivity contribution < 1.29 is 14.3 Å². The summed E-state index contributed by atoms with van der Waals surface area (Å²) in [6.45, 7) is 2.13. The summed E-state index contributed by atoms with van der Waals surface area (Å²) in [5.41, 5.74) is 1.99. The number of ether oxygens (including phenoxy) is 2. The SMILES string of the molecule is COc1ccc(N(C)c2nc(C)nc3ccccc23)cc1C(=O)OCCC[Se]C#N. The number of nitrogens with zero attached hydrogens (tertiary/aromatic N) is 4. The third kappa shape index (κ3) is 4.88. The molecule has 0 amide bonds. The predicted octanol–water partition coefficient (Wildman–Crippen LogP) is 3.87. The third-order valence-electron chi connectivity index (χ3n) is 4.49. The van der Waals surface area contributed by atoms with E-state index in [2.05, 4.69) is 14.9 Å². The van der Waals surface area contributed by atoms with Crippen LogP contribution in [0.15, 0.2) is 42.5 Å². The average molecular weight is 469 g/mol. The van der Waals surface area contributed by atoms with Crippen molar-refractivity contribution >= 4 is 43.3 Å². The van der Waals surface area contributed by atoms with E-state index in [-0.39, 0.29) is 21.6 Å². The number of carbonyl (C=O) groups is 1. The average Bonchev–Trinajstić information content (AvgIpc) is 2.77.